The summed E-state index contributed by atoms with van der Waals surface area (Å²) in [6.07, 6.45) is 9.65. The van der Waals surface area contributed by atoms with Crippen molar-refractivity contribution in [3.63, 3.8) is 0 Å². The molecule has 0 atom stereocenters. The van der Waals surface area contributed by atoms with E-state index in [2.05, 4.69) is 31.8 Å². The first-order valence-corrected chi connectivity index (χ1v) is 9.50. The number of nitrogens with zero attached hydrogens (tertiary/aromatic N) is 3. The zero-order valence-electron chi connectivity index (χ0n) is 17.0. The quantitative estimate of drug-likeness (QED) is 0.568. The molecule has 0 radical (unpaired) electrons. The van der Waals surface area contributed by atoms with Crippen LogP contribution in [0.5, 0.6) is 0 Å². The van der Waals surface area contributed by atoms with E-state index >= 15 is 0 Å². The van der Waals surface area contributed by atoms with E-state index in [1.54, 1.807) is 7.11 Å². The molecule has 0 bridgehead atoms. The van der Waals surface area contributed by atoms with Gasteiger partial charge in [0.2, 0.25) is 6.41 Å². The third-order valence-electron chi connectivity index (χ3n) is 3.99. The molecule has 1 heterocycles. The molecular formula is C19H37N5O2. The lowest BCUT2D eigenvalue weighted by Crippen LogP contribution is -2.18. The summed E-state index contributed by atoms with van der Waals surface area (Å²) in [4.78, 5) is 20.1. The van der Waals surface area contributed by atoms with Crippen LogP contribution in [0.15, 0.2) is 6.07 Å². The lowest BCUT2D eigenvalue weighted by molar-refractivity contribution is -0.109. The van der Waals surface area contributed by atoms with Crippen LogP contribution in [0.4, 0.5) is 5.82 Å². The number of nitrogens with one attached hydrogen (secondary N) is 1. The molecule has 1 saturated carbocycles. The van der Waals surface area contributed by atoms with Crippen LogP contribution in [0.1, 0.15) is 57.0 Å². The average Bonchev–Trinajstić information content (AvgIpc) is 2.69. The van der Waals surface area contributed by atoms with Crippen molar-refractivity contribution in [1.29, 1.82) is 0 Å². The van der Waals surface area contributed by atoms with Gasteiger partial charge in [-0.15, -0.1) is 0 Å². The number of carbonyl (C=O) groups excluding carboxylic acids is 1. The van der Waals surface area contributed by atoms with Crippen LogP contribution in [0.25, 0.3) is 0 Å². The van der Waals surface area contributed by atoms with Crippen molar-refractivity contribution in [2.24, 2.45) is 5.73 Å². The number of carbonyl (C=O) groups is 1. The Hall–Kier alpha value is -1.73. The Labute approximate surface area is 158 Å². The van der Waals surface area contributed by atoms with Gasteiger partial charge < -0.3 is 20.7 Å². The van der Waals surface area contributed by atoms with Gasteiger partial charge in [-0.25, -0.2) is 9.97 Å². The third-order valence-corrected chi connectivity index (χ3v) is 3.99. The largest absolute Gasteiger partial charge is 0.383 e. The Morgan fingerprint density at radius 2 is 1.81 bits per heavy atom. The Bertz CT molecular complexity index is 456. The van der Waals surface area contributed by atoms with E-state index in [1.165, 1.54) is 38.5 Å². The SMILES string of the molecule is C1CCCCC1.CCN(C)c1cc(CN)nc(C)n1.COCCNC=O. The fourth-order valence-corrected chi connectivity index (χ4v) is 2.35. The predicted octanol–water partition coefficient (Wildman–Crippen LogP) is 2.42. The summed E-state index contributed by atoms with van der Waals surface area (Å²) >= 11 is 0. The van der Waals surface area contributed by atoms with E-state index in [-0.39, 0.29) is 0 Å². The summed E-state index contributed by atoms with van der Waals surface area (Å²) in [5, 5.41) is 2.44. The van der Waals surface area contributed by atoms with Crippen molar-refractivity contribution in [2.45, 2.75) is 58.9 Å². The van der Waals surface area contributed by atoms with Crippen LogP contribution in [-0.2, 0) is 16.1 Å². The first kappa shape index (κ1) is 24.3. The van der Waals surface area contributed by atoms with E-state index in [4.69, 9.17) is 5.73 Å². The van der Waals surface area contributed by atoms with Crippen LogP contribution < -0.4 is 16.0 Å². The number of anilines is 1. The van der Waals surface area contributed by atoms with Crippen LogP contribution in [0.3, 0.4) is 0 Å². The minimum atomic E-state index is 0.466. The molecule has 26 heavy (non-hydrogen) atoms. The van der Waals surface area contributed by atoms with Gasteiger partial charge in [-0.05, 0) is 13.8 Å². The van der Waals surface area contributed by atoms with Crippen LogP contribution in [0.2, 0.25) is 0 Å². The fraction of sp³-hybridized carbons (Fsp3) is 0.737. The molecule has 1 aromatic rings. The zero-order chi connectivity index (χ0) is 19.6. The highest BCUT2D eigenvalue weighted by Gasteiger charge is 2.03. The molecule has 0 spiro atoms. The number of hydrogen-bond acceptors (Lipinski definition) is 6. The molecule has 0 unspecified atom stereocenters. The third kappa shape index (κ3) is 12.6. The van der Waals surface area contributed by atoms with Gasteiger partial charge in [0.1, 0.15) is 11.6 Å². The van der Waals surface area contributed by atoms with Gasteiger partial charge in [-0.3, -0.25) is 4.79 Å². The molecule has 2 rings (SSSR count). The van der Waals surface area contributed by atoms with Gasteiger partial charge in [0.15, 0.2) is 0 Å². The molecule has 0 saturated heterocycles. The number of amides is 1. The minimum absolute atomic E-state index is 0.466. The summed E-state index contributed by atoms with van der Waals surface area (Å²) in [5.41, 5.74) is 6.41. The molecule has 1 aromatic heterocycles. The van der Waals surface area contributed by atoms with E-state index in [0.29, 0.717) is 26.1 Å². The molecule has 1 amide bonds. The molecule has 1 aliphatic carbocycles. The molecule has 3 N–H and O–H groups in total. The second kappa shape index (κ2) is 16.7. The number of hydrogen-bond donors (Lipinski definition) is 2. The number of nitrogens with two attached hydrogens (primary N) is 1. The topological polar surface area (TPSA) is 93.4 Å². The van der Waals surface area contributed by atoms with Gasteiger partial charge >= 0.3 is 0 Å². The van der Waals surface area contributed by atoms with Gasteiger partial charge in [-0.2, -0.15) is 0 Å². The fourth-order valence-electron chi connectivity index (χ4n) is 2.35. The van der Waals surface area contributed by atoms with E-state index < -0.39 is 0 Å². The number of rotatable bonds is 7. The predicted molar refractivity (Wildman–Crippen MR) is 107 cm³/mol. The van der Waals surface area contributed by atoms with Gasteiger partial charge in [0.25, 0.3) is 0 Å². The second-order valence-corrected chi connectivity index (χ2v) is 6.17. The number of ether oxygens (including phenoxy) is 1. The van der Waals surface area contributed by atoms with Crippen LogP contribution >= 0.6 is 0 Å². The van der Waals surface area contributed by atoms with E-state index in [9.17, 15) is 4.79 Å². The lowest BCUT2D eigenvalue weighted by atomic mass is 10.0. The summed E-state index contributed by atoms with van der Waals surface area (Å²) in [6, 6.07) is 1.93. The minimum Gasteiger partial charge on any atom is -0.383 e. The molecule has 1 aliphatic rings. The summed E-state index contributed by atoms with van der Waals surface area (Å²) in [5.74, 6) is 1.72. The van der Waals surface area contributed by atoms with Crippen molar-refractivity contribution >= 4 is 12.2 Å². The summed E-state index contributed by atoms with van der Waals surface area (Å²) < 4.78 is 4.62. The number of methoxy groups -OCH3 is 1. The number of aryl methyl sites for hydroxylation is 1. The highest BCUT2D eigenvalue weighted by molar-refractivity contribution is 5.45. The van der Waals surface area contributed by atoms with Crippen LogP contribution in [-0.4, -0.2) is 50.2 Å². The van der Waals surface area contributed by atoms with Crippen molar-refractivity contribution in [3.05, 3.63) is 17.6 Å². The monoisotopic (exact) mass is 367 g/mol. The normalized spacial score (nSPS) is 12.8. The van der Waals surface area contributed by atoms with Crippen molar-refractivity contribution in [3.8, 4) is 0 Å². The zero-order valence-corrected chi connectivity index (χ0v) is 17.0. The maximum Gasteiger partial charge on any atom is 0.207 e. The van der Waals surface area contributed by atoms with Crippen molar-refractivity contribution in [2.75, 3.05) is 38.8 Å². The Morgan fingerprint density at radius 3 is 2.23 bits per heavy atom. The average molecular weight is 368 g/mol. The Kier molecular flexibility index (Phi) is 15.6. The molecule has 1 fully saturated rings. The maximum absolute atomic E-state index is 9.51. The molecule has 7 heteroatoms. The molecule has 0 aliphatic heterocycles. The Morgan fingerprint density at radius 1 is 1.23 bits per heavy atom. The van der Waals surface area contributed by atoms with E-state index in [1.807, 2.05) is 20.0 Å². The standard InChI is InChI=1S/C9H16N4.C6H12.C4H9NO2/c1-4-13(3)9-5-8(6-10)11-7(2)12-9;1-2-4-6-5-3-1;1-7-3-2-5-4-6/h5H,4,6,10H2,1-3H3;1-6H2;4H,2-3H2,1H3,(H,5,6). The second-order valence-electron chi connectivity index (χ2n) is 6.17. The highest BCUT2D eigenvalue weighted by Crippen LogP contribution is 2.15. The van der Waals surface area contributed by atoms with Crippen molar-refractivity contribution in [1.82, 2.24) is 15.3 Å². The highest BCUT2D eigenvalue weighted by atomic mass is 16.5. The Balaban J connectivity index is 0.000000404. The molecule has 0 aromatic carbocycles. The molecule has 150 valence electrons. The lowest BCUT2D eigenvalue weighted by Gasteiger charge is -2.16. The first-order chi connectivity index (χ1) is 12.6. The van der Waals surface area contributed by atoms with E-state index in [0.717, 1.165) is 23.9 Å². The smallest absolute Gasteiger partial charge is 0.207 e. The van der Waals surface area contributed by atoms with Crippen molar-refractivity contribution < 1.29 is 9.53 Å². The summed E-state index contributed by atoms with van der Waals surface area (Å²) in [6.45, 7) is 6.54. The maximum atomic E-state index is 9.51. The van der Waals surface area contributed by atoms with Gasteiger partial charge in [0, 0.05) is 39.9 Å². The summed E-state index contributed by atoms with van der Waals surface area (Å²) in [7, 11) is 3.59. The molecule has 7 nitrogen and oxygen atoms in total. The number of aromatic nitrogens is 2. The molecular weight excluding hydrogens is 330 g/mol. The first-order valence-electron chi connectivity index (χ1n) is 9.50. The van der Waals surface area contributed by atoms with Gasteiger partial charge in [0.05, 0.1) is 12.3 Å². The van der Waals surface area contributed by atoms with Crippen LogP contribution in [0, 0.1) is 6.92 Å². The van der Waals surface area contributed by atoms with Gasteiger partial charge in [-0.1, -0.05) is 38.5 Å².